The van der Waals surface area contributed by atoms with Crippen LogP contribution in [0.25, 0.3) is 0 Å². The summed E-state index contributed by atoms with van der Waals surface area (Å²) in [4.78, 5) is 15.0. The fourth-order valence-corrected chi connectivity index (χ4v) is 4.98. The zero-order valence-electron chi connectivity index (χ0n) is 19.8. The smallest absolute Gasteiger partial charge is 0.410 e. The predicted octanol–water partition coefficient (Wildman–Crippen LogP) is 2.89. The van der Waals surface area contributed by atoms with E-state index >= 15 is 0 Å². The molecule has 1 N–H and O–H groups in total. The number of ether oxygens (including phenoxy) is 2. The van der Waals surface area contributed by atoms with E-state index in [1.54, 1.807) is 4.90 Å². The van der Waals surface area contributed by atoms with Gasteiger partial charge in [0.05, 0.1) is 32.8 Å². The monoisotopic (exact) mass is 474 g/mol. The Labute approximate surface area is 201 Å². The second kappa shape index (κ2) is 11.2. The third-order valence-electron chi connectivity index (χ3n) is 6.83. The standard InChI is InChI=1S/C24H35N5O3S/c1-3-31-24(30)28-15-13-27(14-16-28)18-29-23(33)26(2)22(25-29)17-32-21-11-9-20(10-12-21)19-7-5-4-6-8-19/h9-12,19H,3-8,13-18H2,1-2H3/p+1. The number of quaternary nitrogens is 1. The van der Waals surface area contributed by atoms with Gasteiger partial charge in [-0.1, -0.05) is 31.4 Å². The van der Waals surface area contributed by atoms with Crippen LogP contribution in [0.5, 0.6) is 5.75 Å². The number of piperazine rings is 1. The van der Waals surface area contributed by atoms with Crippen molar-refractivity contribution in [2.24, 2.45) is 7.05 Å². The van der Waals surface area contributed by atoms with Gasteiger partial charge in [-0.15, -0.1) is 5.10 Å². The van der Waals surface area contributed by atoms with Crippen molar-refractivity contribution < 1.29 is 19.2 Å². The molecule has 33 heavy (non-hydrogen) atoms. The summed E-state index contributed by atoms with van der Waals surface area (Å²) in [6, 6.07) is 8.56. The van der Waals surface area contributed by atoms with E-state index in [4.69, 9.17) is 26.8 Å². The maximum Gasteiger partial charge on any atom is 0.410 e. The number of hydrogen-bond acceptors (Lipinski definition) is 5. The SMILES string of the molecule is CCOC(=O)N1CC[NH+](Cn2nc(COc3ccc(C4CCCCC4)cc3)n(C)c2=S)CC1. The Kier molecular flexibility index (Phi) is 8.03. The topological polar surface area (TPSA) is 66.0 Å². The summed E-state index contributed by atoms with van der Waals surface area (Å²) >= 11 is 5.61. The van der Waals surface area contributed by atoms with Gasteiger partial charge in [0.15, 0.2) is 12.5 Å². The van der Waals surface area contributed by atoms with Crippen LogP contribution in [0.3, 0.4) is 0 Å². The average molecular weight is 475 g/mol. The molecule has 1 aromatic heterocycles. The van der Waals surface area contributed by atoms with Crippen LogP contribution in [-0.4, -0.2) is 58.1 Å². The first-order valence-electron chi connectivity index (χ1n) is 12.2. The van der Waals surface area contributed by atoms with E-state index in [9.17, 15) is 4.79 Å². The van der Waals surface area contributed by atoms with Crippen LogP contribution in [0.4, 0.5) is 4.79 Å². The van der Waals surface area contributed by atoms with E-state index in [2.05, 4.69) is 24.3 Å². The Morgan fingerprint density at radius 1 is 1.15 bits per heavy atom. The van der Waals surface area contributed by atoms with Gasteiger partial charge in [-0.05, 0) is 55.6 Å². The molecule has 2 aromatic rings. The molecule has 1 aliphatic heterocycles. The molecule has 1 aromatic carbocycles. The van der Waals surface area contributed by atoms with Crippen LogP contribution in [0.1, 0.15) is 56.3 Å². The minimum atomic E-state index is -0.225. The Morgan fingerprint density at radius 2 is 1.85 bits per heavy atom. The van der Waals surface area contributed by atoms with E-state index in [1.807, 2.05) is 23.2 Å². The highest BCUT2D eigenvalue weighted by Crippen LogP contribution is 2.33. The lowest BCUT2D eigenvalue weighted by atomic mass is 9.84. The Hall–Kier alpha value is -2.39. The van der Waals surface area contributed by atoms with Gasteiger partial charge in [0.2, 0.25) is 4.77 Å². The molecule has 2 aliphatic rings. The predicted molar refractivity (Wildman–Crippen MR) is 128 cm³/mol. The summed E-state index contributed by atoms with van der Waals surface area (Å²) < 4.78 is 15.6. The fourth-order valence-electron chi connectivity index (χ4n) is 4.77. The van der Waals surface area contributed by atoms with Gasteiger partial charge in [0.25, 0.3) is 0 Å². The summed E-state index contributed by atoms with van der Waals surface area (Å²) in [5.41, 5.74) is 1.43. The first-order chi connectivity index (χ1) is 16.0. The first kappa shape index (κ1) is 23.8. The van der Waals surface area contributed by atoms with Crippen molar-refractivity contribution in [3.05, 3.63) is 40.4 Å². The van der Waals surface area contributed by atoms with Crippen LogP contribution in [-0.2, 0) is 25.1 Å². The molecule has 1 amide bonds. The number of nitrogens with zero attached hydrogens (tertiary/aromatic N) is 4. The quantitative estimate of drug-likeness (QED) is 0.625. The molecule has 0 unspecified atom stereocenters. The molecular formula is C24H36N5O3S+. The third-order valence-corrected chi connectivity index (χ3v) is 7.31. The van der Waals surface area contributed by atoms with Crippen LogP contribution in [0, 0.1) is 4.77 Å². The highest BCUT2D eigenvalue weighted by atomic mass is 32.1. The number of hydrogen-bond donors (Lipinski definition) is 1. The molecule has 1 saturated carbocycles. The van der Waals surface area contributed by atoms with Gasteiger partial charge in [0.1, 0.15) is 12.4 Å². The maximum atomic E-state index is 11.9. The summed E-state index contributed by atoms with van der Waals surface area (Å²) in [6.45, 7) is 6.34. The van der Waals surface area contributed by atoms with Crippen molar-refractivity contribution in [3.8, 4) is 5.75 Å². The number of carbonyl (C=O) groups is 1. The lowest BCUT2D eigenvalue weighted by Crippen LogP contribution is -3.14. The van der Waals surface area contributed by atoms with E-state index in [0.29, 0.717) is 43.7 Å². The maximum absolute atomic E-state index is 11.9. The normalized spacial score (nSPS) is 17.8. The summed E-state index contributed by atoms with van der Waals surface area (Å²) in [6.07, 6.45) is 6.43. The Balaban J connectivity index is 1.30. The molecule has 9 heteroatoms. The Morgan fingerprint density at radius 3 is 2.52 bits per heavy atom. The van der Waals surface area contributed by atoms with Crippen LogP contribution >= 0.6 is 12.2 Å². The molecule has 0 spiro atoms. The number of nitrogens with one attached hydrogen (secondary N) is 1. The van der Waals surface area contributed by atoms with Gasteiger partial charge >= 0.3 is 6.09 Å². The molecule has 0 radical (unpaired) electrons. The van der Waals surface area contributed by atoms with E-state index < -0.39 is 0 Å². The number of aromatic nitrogens is 3. The zero-order valence-corrected chi connectivity index (χ0v) is 20.6. The molecule has 2 fully saturated rings. The number of rotatable bonds is 7. The van der Waals surface area contributed by atoms with Crippen molar-refractivity contribution in [2.75, 3.05) is 32.8 Å². The molecule has 8 nitrogen and oxygen atoms in total. The minimum Gasteiger partial charge on any atom is -0.486 e. The molecule has 0 bridgehead atoms. The fraction of sp³-hybridized carbons (Fsp3) is 0.625. The van der Waals surface area contributed by atoms with Crippen molar-refractivity contribution in [3.63, 3.8) is 0 Å². The number of benzene rings is 1. The zero-order chi connectivity index (χ0) is 23.2. The molecule has 2 heterocycles. The van der Waals surface area contributed by atoms with Crippen LogP contribution in [0.2, 0.25) is 0 Å². The minimum absolute atomic E-state index is 0.225. The Bertz CT molecular complexity index is 973. The molecule has 1 aliphatic carbocycles. The molecule has 0 atom stereocenters. The summed E-state index contributed by atoms with van der Waals surface area (Å²) in [5, 5.41) is 4.72. The van der Waals surface area contributed by atoms with Gasteiger partial charge in [0, 0.05) is 7.05 Å². The van der Waals surface area contributed by atoms with Gasteiger partial charge in [-0.3, -0.25) is 4.90 Å². The lowest BCUT2D eigenvalue weighted by Gasteiger charge is -2.31. The van der Waals surface area contributed by atoms with Crippen molar-refractivity contribution in [1.82, 2.24) is 19.2 Å². The van der Waals surface area contributed by atoms with Crippen molar-refractivity contribution in [2.45, 2.75) is 58.2 Å². The van der Waals surface area contributed by atoms with Crippen molar-refractivity contribution in [1.29, 1.82) is 0 Å². The second-order valence-electron chi connectivity index (χ2n) is 9.04. The first-order valence-corrected chi connectivity index (χ1v) is 12.6. The van der Waals surface area contributed by atoms with Crippen LogP contribution in [0.15, 0.2) is 24.3 Å². The number of amides is 1. The summed E-state index contributed by atoms with van der Waals surface area (Å²) in [5.74, 6) is 2.36. The van der Waals surface area contributed by atoms with Gasteiger partial charge in [-0.2, -0.15) is 4.68 Å². The molecule has 180 valence electrons. The largest absolute Gasteiger partial charge is 0.486 e. The highest BCUT2D eigenvalue weighted by Gasteiger charge is 2.25. The molecular weight excluding hydrogens is 438 g/mol. The second-order valence-corrected chi connectivity index (χ2v) is 9.41. The molecule has 1 saturated heterocycles. The summed E-state index contributed by atoms with van der Waals surface area (Å²) in [7, 11) is 1.94. The van der Waals surface area contributed by atoms with E-state index in [1.165, 1.54) is 42.6 Å². The van der Waals surface area contributed by atoms with E-state index in [-0.39, 0.29) is 6.09 Å². The van der Waals surface area contributed by atoms with Crippen LogP contribution < -0.4 is 9.64 Å². The lowest BCUT2D eigenvalue weighted by molar-refractivity contribution is -0.927. The third kappa shape index (κ3) is 5.95. The van der Waals surface area contributed by atoms with Crippen molar-refractivity contribution >= 4 is 18.3 Å². The van der Waals surface area contributed by atoms with E-state index in [0.717, 1.165) is 24.7 Å². The average Bonchev–Trinajstić information content (AvgIpc) is 3.12. The highest BCUT2D eigenvalue weighted by molar-refractivity contribution is 7.71. The van der Waals surface area contributed by atoms with Gasteiger partial charge in [-0.25, -0.2) is 4.79 Å². The van der Waals surface area contributed by atoms with Gasteiger partial charge < -0.3 is 18.9 Å². The molecule has 4 rings (SSSR count). The number of carbonyl (C=O) groups excluding carboxylic acids is 1.